The lowest BCUT2D eigenvalue weighted by atomic mass is 10.3. The molecule has 7 heteroatoms. The SMILES string of the molecule is CCc1cc(C(=O)O)c(Nn2c(=O)c2=O)s1. The fraction of sp³-hybridized carbons (Fsp3) is 0.222. The number of anilines is 1. The molecule has 0 aliphatic rings. The average Bonchev–Trinajstić information content (AvgIpc) is 2.70. The van der Waals surface area contributed by atoms with Crippen molar-refractivity contribution in [3.8, 4) is 0 Å². The van der Waals surface area contributed by atoms with Crippen molar-refractivity contribution in [2.45, 2.75) is 13.3 Å². The van der Waals surface area contributed by atoms with E-state index in [4.69, 9.17) is 5.11 Å². The second-order valence-corrected chi connectivity index (χ2v) is 4.31. The normalized spacial score (nSPS) is 10.8. The summed E-state index contributed by atoms with van der Waals surface area (Å²) < 4.78 is 0.789. The van der Waals surface area contributed by atoms with Gasteiger partial charge in [0.15, 0.2) is 0 Å². The van der Waals surface area contributed by atoms with Crippen LogP contribution in [0.25, 0.3) is 0 Å². The molecule has 0 saturated heterocycles. The first-order valence-electron chi connectivity index (χ1n) is 4.55. The molecule has 0 atom stereocenters. The molecule has 2 heterocycles. The predicted molar refractivity (Wildman–Crippen MR) is 59.0 cm³/mol. The highest BCUT2D eigenvalue weighted by Gasteiger charge is 2.21. The molecular formula is C9H8N2O4S. The summed E-state index contributed by atoms with van der Waals surface area (Å²) in [6.07, 6.45) is 0.703. The summed E-state index contributed by atoms with van der Waals surface area (Å²) in [7, 11) is 0. The number of rotatable bonds is 4. The minimum Gasteiger partial charge on any atom is -0.478 e. The van der Waals surface area contributed by atoms with Gasteiger partial charge in [-0.25, -0.2) is 4.79 Å². The van der Waals surface area contributed by atoms with Gasteiger partial charge in [0.2, 0.25) is 0 Å². The van der Waals surface area contributed by atoms with Gasteiger partial charge in [-0.2, -0.15) is 4.68 Å². The molecule has 0 aliphatic carbocycles. The number of nitrogens with one attached hydrogen (secondary N) is 1. The molecule has 0 unspecified atom stereocenters. The Labute approximate surface area is 93.4 Å². The summed E-state index contributed by atoms with van der Waals surface area (Å²) in [5.74, 6) is -1.08. The minimum atomic E-state index is -1.08. The summed E-state index contributed by atoms with van der Waals surface area (Å²) in [6.45, 7) is 1.90. The molecule has 84 valence electrons. The van der Waals surface area contributed by atoms with Gasteiger partial charge >= 0.3 is 17.1 Å². The summed E-state index contributed by atoms with van der Waals surface area (Å²) in [5.41, 5.74) is 1.27. The highest BCUT2D eigenvalue weighted by Crippen LogP contribution is 2.28. The molecule has 0 spiro atoms. The number of carboxylic acid groups (broad SMARTS) is 1. The number of aromatic nitrogens is 1. The molecule has 0 aromatic carbocycles. The monoisotopic (exact) mass is 240 g/mol. The zero-order chi connectivity index (χ0) is 11.9. The molecule has 0 aliphatic heterocycles. The lowest BCUT2D eigenvalue weighted by molar-refractivity contribution is 0.0698. The summed E-state index contributed by atoms with van der Waals surface area (Å²) in [6, 6.07) is 1.54. The zero-order valence-corrected chi connectivity index (χ0v) is 9.13. The average molecular weight is 240 g/mol. The van der Waals surface area contributed by atoms with Crippen molar-refractivity contribution in [3.05, 3.63) is 37.2 Å². The van der Waals surface area contributed by atoms with Gasteiger partial charge < -0.3 is 5.11 Å². The lowest BCUT2D eigenvalue weighted by Crippen LogP contribution is -2.09. The van der Waals surface area contributed by atoms with Crippen LogP contribution in [0.5, 0.6) is 0 Å². The standard InChI is InChI=1S/C9H8N2O4S/c1-2-4-3-5(9(14)15)6(16-4)10-11-7(12)8(11)13/h3,10H,2H2,1H3,(H,14,15). The van der Waals surface area contributed by atoms with Crippen LogP contribution in [0.3, 0.4) is 0 Å². The topological polar surface area (TPSA) is 88.4 Å². The Hall–Kier alpha value is -1.89. The van der Waals surface area contributed by atoms with E-state index in [2.05, 4.69) is 5.43 Å². The third-order valence-corrected chi connectivity index (χ3v) is 3.30. The maximum absolute atomic E-state index is 10.9. The number of aromatic carboxylic acids is 1. The van der Waals surface area contributed by atoms with Gasteiger partial charge in [0.05, 0.1) is 5.56 Å². The predicted octanol–water partition coefficient (Wildman–Crippen LogP) is 0.281. The van der Waals surface area contributed by atoms with Gasteiger partial charge in [0.1, 0.15) is 5.00 Å². The van der Waals surface area contributed by atoms with Gasteiger partial charge in [-0.1, -0.05) is 6.92 Å². The van der Waals surface area contributed by atoms with E-state index in [0.717, 1.165) is 9.55 Å². The van der Waals surface area contributed by atoms with Crippen LogP contribution in [0.4, 0.5) is 5.00 Å². The van der Waals surface area contributed by atoms with Crippen molar-refractivity contribution in [1.82, 2.24) is 4.68 Å². The van der Waals surface area contributed by atoms with Gasteiger partial charge in [-0.15, -0.1) is 11.3 Å². The van der Waals surface area contributed by atoms with E-state index in [9.17, 15) is 14.4 Å². The molecular weight excluding hydrogens is 232 g/mol. The molecule has 0 radical (unpaired) electrons. The van der Waals surface area contributed by atoms with Crippen LogP contribution in [-0.2, 0) is 6.42 Å². The smallest absolute Gasteiger partial charge is 0.340 e. The molecule has 2 rings (SSSR count). The summed E-state index contributed by atoms with van der Waals surface area (Å²) in [5, 5.41) is 9.23. The Morgan fingerprint density at radius 1 is 1.50 bits per heavy atom. The number of thiophene rings is 1. The second-order valence-electron chi connectivity index (χ2n) is 3.17. The minimum absolute atomic E-state index is 0.0781. The van der Waals surface area contributed by atoms with Gasteiger partial charge in [-0.3, -0.25) is 15.0 Å². The number of nitrogens with zero attached hydrogens (tertiary/aromatic N) is 1. The van der Waals surface area contributed by atoms with Crippen LogP contribution in [0.2, 0.25) is 0 Å². The van der Waals surface area contributed by atoms with Gasteiger partial charge in [-0.05, 0) is 12.5 Å². The van der Waals surface area contributed by atoms with E-state index >= 15 is 0 Å². The van der Waals surface area contributed by atoms with Crippen LogP contribution >= 0.6 is 11.3 Å². The number of hydrogen-bond donors (Lipinski definition) is 2. The second kappa shape index (κ2) is 3.60. The van der Waals surface area contributed by atoms with E-state index in [1.165, 1.54) is 17.4 Å². The van der Waals surface area contributed by atoms with Crippen molar-refractivity contribution in [3.63, 3.8) is 0 Å². The first-order chi connectivity index (χ1) is 7.54. The van der Waals surface area contributed by atoms with Crippen LogP contribution < -0.4 is 16.5 Å². The van der Waals surface area contributed by atoms with Crippen molar-refractivity contribution < 1.29 is 9.90 Å². The Morgan fingerprint density at radius 3 is 2.56 bits per heavy atom. The maximum atomic E-state index is 10.9. The van der Waals surface area contributed by atoms with E-state index in [-0.39, 0.29) is 5.56 Å². The number of carbonyl (C=O) groups is 1. The highest BCUT2D eigenvalue weighted by atomic mass is 32.1. The molecule has 2 N–H and O–H groups in total. The van der Waals surface area contributed by atoms with E-state index in [1.54, 1.807) is 0 Å². The maximum Gasteiger partial charge on any atom is 0.340 e. The molecule has 2 aromatic heterocycles. The Kier molecular flexibility index (Phi) is 2.39. The largest absolute Gasteiger partial charge is 0.478 e. The number of hydrogen-bond acceptors (Lipinski definition) is 5. The Morgan fingerprint density at radius 2 is 2.12 bits per heavy atom. The van der Waals surface area contributed by atoms with Crippen LogP contribution in [0, 0.1) is 0 Å². The van der Waals surface area contributed by atoms with Crippen LogP contribution in [0.15, 0.2) is 15.7 Å². The van der Waals surface area contributed by atoms with Crippen molar-refractivity contribution in [2.75, 3.05) is 5.43 Å². The Balaban J connectivity index is 2.36. The number of aryl methyl sites for hydroxylation is 1. The van der Waals surface area contributed by atoms with Crippen LogP contribution in [0.1, 0.15) is 22.2 Å². The third-order valence-electron chi connectivity index (χ3n) is 2.11. The molecule has 0 bridgehead atoms. The quantitative estimate of drug-likeness (QED) is 0.749. The molecule has 0 saturated carbocycles. The fourth-order valence-corrected chi connectivity index (χ4v) is 2.17. The first-order valence-corrected chi connectivity index (χ1v) is 5.37. The van der Waals surface area contributed by atoms with E-state index in [1.807, 2.05) is 6.92 Å². The first kappa shape index (κ1) is 10.6. The zero-order valence-electron chi connectivity index (χ0n) is 8.31. The van der Waals surface area contributed by atoms with Crippen LogP contribution in [-0.4, -0.2) is 15.8 Å². The summed E-state index contributed by atoms with van der Waals surface area (Å²) in [4.78, 5) is 33.3. The highest BCUT2D eigenvalue weighted by molar-refractivity contribution is 7.16. The van der Waals surface area contributed by atoms with Gasteiger partial charge in [0, 0.05) is 4.88 Å². The Bertz CT molecular complexity index is 592. The summed E-state index contributed by atoms with van der Waals surface area (Å²) >= 11 is 1.22. The molecule has 0 fully saturated rings. The number of carboxylic acids is 1. The van der Waals surface area contributed by atoms with E-state index in [0.29, 0.717) is 11.4 Å². The fourth-order valence-electron chi connectivity index (χ4n) is 1.20. The lowest BCUT2D eigenvalue weighted by Gasteiger charge is -1.97. The molecule has 0 amide bonds. The van der Waals surface area contributed by atoms with E-state index < -0.39 is 17.1 Å². The van der Waals surface area contributed by atoms with Crippen molar-refractivity contribution >= 4 is 22.3 Å². The third kappa shape index (κ3) is 1.65. The molecule has 6 nitrogen and oxygen atoms in total. The molecule has 16 heavy (non-hydrogen) atoms. The van der Waals surface area contributed by atoms with Gasteiger partial charge in [0.25, 0.3) is 0 Å². The van der Waals surface area contributed by atoms with Crippen molar-refractivity contribution in [1.29, 1.82) is 0 Å². The van der Waals surface area contributed by atoms with Crippen molar-refractivity contribution in [2.24, 2.45) is 0 Å². The molecule has 2 aromatic rings.